The van der Waals surface area contributed by atoms with E-state index in [1.165, 1.54) is 66.5 Å². The van der Waals surface area contributed by atoms with Crippen LogP contribution in [0.15, 0.2) is 12.7 Å². The number of thioether (sulfide) groups is 2. The van der Waals surface area contributed by atoms with Crippen LogP contribution >= 0.6 is 58.3 Å². The third-order valence-corrected chi connectivity index (χ3v) is 6.84. The monoisotopic (exact) mass is 633 g/mol. The number of carbonyl (C=O) groups is 3. The molecule has 0 aliphatic heterocycles. The van der Waals surface area contributed by atoms with E-state index in [1.54, 1.807) is 0 Å². The predicted octanol–water partition coefficient (Wildman–Crippen LogP) is 6.39. The van der Waals surface area contributed by atoms with Crippen molar-refractivity contribution in [2.24, 2.45) is 0 Å². The number of carbonyl (C=O) groups excluding carboxylic acids is 1. The third kappa shape index (κ3) is 24.5. The van der Waals surface area contributed by atoms with Gasteiger partial charge in [0, 0.05) is 6.08 Å². The molecule has 0 aromatic rings. The Labute approximate surface area is 226 Å². The van der Waals surface area contributed by atoms with E-state index in [2.05, 4.69) is 36.1 Å². The molecule has 190 valence electrons. The van der Waals surface area contributed by atoms with Crippen molar-refractivity contribution >= 4 is 86.8 Å². The van der Waals surface area contributed by atoms with E-state index in [0.717, 1.165) is 40.7 Å². The minimum absolute atomic E-state index is 0.312. The van der Waals surface area contributed by atoms with E-state index in [0.29, 0.717) is 10.1 Å². The van der Waals surface area contributed by atoms with Crippen molar-refractivity contribution in [1.82, 2.24) is 0 Å². The normalized spacial score (nSPS) is 10.4. The van der Waals surface area contributed by atoms with Crippen LogP contribution in [0.5, 0.6) is 0 Å². The molecule has 0 spiro atoms. The molecular formula is C21H37BINO6S3. The third-order valence-electron chi connectivity index (χ3n) is 3.69. The van der Waals surface area contributed by atoms with Gasteiger partial charge in [-0.3, -0.25) is 9.59 Å². The standard InChI is InChI=1S/C11H20O2.C9H14O4S3.CH3BIN/c1-3-5-6-7-8-9-10-13-11(12)4-2;1-8(2,5(10)11)15-7(14)16-9(3,4)6(12)13;3-1-2-4/h4H,2-3,5-10H2,1H3;1-4H3,(H,10,11)(H,12,13);4H,1H2. The van der Waals surface area contributed by atoms with Gasteiger partial charge in [0.2, 0.25) is 0 Å². The maximum atomic E-state index is 10.8. The van der Waals surface area contributed by atoms with Crippen molar-refractivity contribution in [3.63, 3.8) is 0 Å². The van der Waals surface area contributed by atoms with E-state index >= 15 is 0 Å². The van der Waals surface area contributed by atoms with Crippen molar-refractivity contribution in [2.75, 3.05) is 10.9 Å². The zero-order valence-corrected chi connectivity index (χ0v) is 24.8. The number of hydrogen-bond acceptors (Lipinski definition) is 8. The molecule has 0 atom stereocenters. The van der Waals surface area contributed by atoms with Crippen LogP contribution in [0, 0.1) is 5.31 Å². The fraction of sp³-hybridized carbons (Fsp3) is 0.714. The number of halogens is 1. The second kappa shape index (κ2) is 22.0. The zero-order valence-electron chi connectivity index (χ0n) is 20.1. The van der Waals surface area contributed by atoms with E-state index in [-0.39, 0.29) is 5.97 Å². The van der Waals surface area contributed by atoms with Crippen LogP contribution in [0.2, 0.25) is 0 Å². The van der Waals surface area contributed by atoms with Gasteiger partial charge in [-0.15, -0.1) is 0 Å². The van der Waals surface area contributed by atoms with Gasteiger partial charge >= 0.3 is 57.2 Å². The van der Waals surface area contributed by atoms with Crippen LogP contribution < -0.4 is 0 Å². The summed E-state index contributed by atoms with van der Waals surface area (Å²) in [7, 11) is 1.36. The molecule has 0 rings (SSSR count). The first kappa shape index (κ1) is 37.1. The number of aliphatic carboxylic acids is 2. The Morgan fingerprint density at radius 3 is 1.76 bits per heavy atom. The summed E-state index contributed by atoms with van der Waals surface area (Å²) in [6.07, 6.45) is 8.47. The number of alkyl halides is 1. The van der Waals surface area contributed by atoms with Gasteiger partial charge in [-0.25, -0.2) is 4.79 Å². The van der Waals surface area contributed by atoms with E-state index in [9.17, 15) is 14.4 Å². The van der Waals surface area contributed by atoms with Gasteiger partial charge in [-0.2, -0.15) is 0 Å². The SMILES string of the molecule is C=CC(=O)OCCCCCCCC.CC(C)(SC(=S)SC(C)(C)C(=O)O)C(=O)O.N=BCI. The molecule has 0 aromatic carbocycles. The molecule has 0 saturated heterocycles. The number of nitrogens with one attached hydrogen (secondary N) is 1. The van der Waals surface area contributed by atoms with Gasteiger partial charge in [-0.05, 0) is 34.1 Å². The number of carboxylic acid groups (broad SMARTS) is 2. The molecule has 0 heterocycles. The first-order chi connectivity index (χ1) is 15.2. The summed E-state index contributed by atoms with van der Waals surface area (Å²) < 4.78 is 3.91. The van der Waals surface area contributed by atoms with Gasteiger partial charge in [0.15, 0.2) is 0 Å². The van der Waals surface area contributed by atoms with E-state index in [1.807, 2.05) is 0 Å². The molecule has 0 unspecified atom stereocenters. The Kier molecular flexibility index (Phi) is 24.8. The molecule has 0 aliphatic carbocycles. The molecule has 0 saturated carbocycles. The van der Waals surface area contributed by atoms with Crippen molar-refractivity contribution in [2.45, 2.75) is 82.6 Å². The average Bonchev–Trinajstić information content (AvgIpc) is 2.72. The van der Waals surface area contributed by atoms with Crippen LogP contribution in [0.1, 0.15) is 73.1 Å². The van der Waals surface area contributed by atoms with Crippen LogP contribution in [-0.2, 0) is 19.1 Å². The van der Waals surface area contributed by atoms with Gasteiger partial charge in [0.1, 0.15) is 13.0 Å². The van der Waals surface area contributed by atoms with Gasteiger partial charge < -0.3 is 14.9 Å². The van der Waals surface area contributed by atoms with Crippen LogP contribution in [0.4, 0.5) is 0 Å². The van der Waals surface area contributed by atoms with Crippen molar-refractivity contribution in [1.29, 1.82) is 5.31 Å². The summed E-state index contributed by atoms with van der Waals surface area (Å²) >= 11 is 9.07. The number of esters is 1. The number of ether oxygens (including phenoxy) is 1. The summed E-state index contributed by atoms with van der Waals surface area (Å²) in [5.41, 5.74) is 0. The second-order valence-electron chi connectivity index (χ2n) is 7.58. The fourth-order valence-corrected chi connectivity index (χ4v) is 5.31. The van der Waals surface area contributed by atoms with Gasteiger partial charge in [-0.1, -0.05) is 81.3 Å². The molecule has 0 radical (unpaired) electrons. The van der Waals surface area contributed by atoms with E-state index < -0.39 is 21.4 Å². The topological polar surface area (TPSA) is 125 Å². The van der Waals surface area contributed by atoms with Gasteiger partial charge in [0.25, 0.3) is 0 Å². The number of hydrogen-bond donors (Lipinski definition) is 3. The molecule has 3 N–H and O–H groups in total. The summed E-state index contributed by atoms with van der Waals surface area (Å²) in [6.45, 7) is 12.2. The molecule has 0 amide bonds. The van der Waals surface area contributed by atoms with Crippen molar-refractivity contribution < 1.29 is 29.3 Å². The van der Waals surface area contributed by atoms with Gasteiger partial charge in [0.05, 0.1) is 6.61 Å². The first-order valence-corrected chi connectivity index (χ1v) is 14.0. The van der Waals surface area contributed by atoms with Crippen LogP contribution in [-0.4, -0.2) is 59.1 Å². The summed E-state index contributed by atoms with van der Waals surface area (Å²) in [5, 5.41) is 24.1. The molecule has 0 aromatic heterocycles. The quantitative estimate of drug-likeness (QED) is 0.0403. The number of unbranched alkanes of at least 4 members (excludes halogenated alkanes) is 5. The summed E-state index contributed by atoms with van der Waals surface area (Å²) in [6, 6.07) is 0. The van der Waals surface area contributed by atoms with Crippen LogP contribution in [0.3, 0.4) is 0 Å². The Bertz CT molecular complexity index is 603. The molecule has 33 heavy (non-hydrogen) atoms. The molecule has 7 nitrogen and oxygen atoms in total. The summed E-state index contributed by atoms with van der Waals surface area (Å²) in [5.74, 6) is -2.27. The first-order valence-electron chi connectivity index (χ1n) is 10.4. The molecule has 0 bridgehead atoms. The predicted molar refractivity (Wildman–Crippen MR) is 153 cm³/mol. The molecule has 12 heteroatoms. The summed E-state index contributed by atoms with van der Waals surface area (Å²) in [4.78, 5) is 32.3. The van der Waals surface area contributed by atoms with Crippen LogP contribution in [0.25, 0.3) is 0 Å². The number of rotatable bonds is 13. The average molecular weight is 633 g/mol. The van der Waals surface area contributed by atoms with E-state index in [4.69, 9.17) is 32.5 Å². The van der Waals surface area contributed by atoms with Crippen molar-refractivity contribution in [3.8, 4) is 0 Å². The fourth-order valence-electron chi connectivity index (χ4n) is 1.64. The Balaban J connectivity index is -0.000000476. The molecule has 0 aliphatic rings. The Hall–Kier alpha value is -0.465. The second-order valence-corrected chi connectivity index (χ2v) is 12.9. The zero-order chi connectivity index (χ0) is 26.5. The minimum atomic E-state index is -1.04. The Morgan fingerprint density at radius 1 is 1.03 bits per heavy atom. The molecular weight excluding hydrogens is 596 g/mol. The molecule has 0 fully saturated rings. The number of carboxylic acids is 2. The Morgan fingerprint density at radius 2 is 1.42 bits per heavy atom. The number of thiocarbonyl (C=S) groups is 1. The van der Waals surface area contributed by atoms with Crippen molar-refractivity contribution in [3.05, 3.63) is 12.7 Å². The maximum absolute atomic E-state index is 10.8.